The van der Waals surface area contributed by atoms with Crippen LogP contribution in [0, 0.1) is 0 Å². The van der Waals surface area contributed by atoms with E-state index in [0.29, 0.717) is 28.6 Å². The lowest BCUT2D eigenvalue weighted by molar-refractivity contribution is -0.117. The van der Waals surface area contributed by atoms with Crippen molar-refractivity contribution in [2.45, 2.75) is 0 Å². The van der Waals surface area contributed by atoms with E-state index in [1.54, 1.807) is 24.3 Å². The second-order valence-electron chi connectivity index (χ2n) is 5.64. The molecule has 0 fully saturated rings. The van der Waals surface area contributed by atoms with Crippen molar-refractivity contribution in [3.05, 3.63) is 53.2 Å². The lowest BCUT2D eigenvalue weighted by atomic mass is 10.1. The number of methoxy groups -OCH3 is 4. The van der Waals surface area contributed by atoms with Gasteiger partial charge < -0.3 is 24.3 Å². The highest BCUT2D eigenvalue weighted by Gasteiger charge is 2.19. The van der Waals surface area contributed by atoms with Gasteiger partial charge in [-0.3, -0.25) is 15.0 Å². The molecule has 0 aliphatic carbocycles. The Kier molecular flexibility index (Phi) is 7.44. The molecule has 154 valence electrons. The summed E-state index contributed by atoms with van der Waals surface area (Å²) in [4.78, 5) is 25.0. The molecular formula is C20H23N3O6. The Hall–Kier alpha value is -3.72. The molecule has 9 heteroatoms. The van der Waals surface area contributed by atoms with Crippen LogP contribution < -0.4 is 35.5 Å². The number of para-hydroxylation sites is 1. The SMILES string of the molecule is COc1ccccc1/C=C(\NC(=O)c1cc(OC)c(OC)c(OC)c1)C(=O)NN. The molecule has 0 atom stereocenters. The minimum absolute atomic E-state index is 0.0734. The molecule has 0 aromatic heterocycles. The standard InChI is InChI=1S/C20H23N3O6/c1-26-15-8-6-5-7-12(15)9-14(20(25)23-21)22-19(24)13-10-16(27-2)18(29-4)17(11-13)28-3/h5-11H,21H2,1-4H3,(H,22,24)(H,23,25)/b14-9-. The van der Waals surface area contributed by atoms with Crippen LogP contribution in [-0.2, 0) is 4.79 Å². The molecule has 2 aromatic carbocycles. The lowest BCUT2D eigenvalue weighted by Gasteiger charge is -2.15. The van der Waals surface area contributed by atoms with Crippen molar-refractivity contribution in [3.8, 4) is 23.0 Å². The first-order chi connectivity index (χ1) is 14.0. The molecule has 4 N–H and O–H groups in total. The van der Waals surface area contributed by atoms with E-state index in [9.17, 15) is 9.59 Å². The van der Waals surface area contributed by atoms with E-state index in [2.05, 4.69) is 5.32 Å². The molecule has 9 nitrogen and oxygen atoms in total. The van der Waals surface area contributed by atoms with Crippen molar-refractivity contribution in [1.82, 2.24) is 10.7 Å². The third-order valence-corrected chi connectivity index (χ3v) is 3.99. The third kappa shape index (κ3) is 4.96. The molecule has 0 aliphatic rings. The van der Waals surface area contributed by atoms with Crippen molar-refractivity contribution < 1.29 is 28.5 Å². The fourth-order valence-corrected chi connectivity index (χ4v) is 2.58. The zero-order valence-electron chi connectivity index (χ0n) is 16.6. The summed E-state index contributed by atoms with van der Waals surface area (Å²) in [7, 11) is 5.84. The minimum Gasteiger partial charge on any atom is -0.496 e. The molecule has 2 rings (SSSR count). The number of ether oxygens (including phenoxy) is 4. The summed E-state index contributed by atoms with van der Waals surface area (Å²) in [5.74, 6) is 5.47. The molecule has 29 heavy (non-hydrogen) atoms. The summed E-state index contributed by atoms with van der Waals surface area (Å²) in [6.45, 7) is 0. The van der Waals surface area contributed by atoms with Gasteiger partial charge in [-0.25, -0.2) is 5.84 Å². The number of carbonyl (C=O) groups excluding carboxylic acids is 2. The second kappa shape index (κ2) is 10.00. The van der Waals surface area contributed by atoms with Gasteiger partial charge in [-0.1, -0.05) is 18.2 Å². The quantitative estimate of drug-likeness (QED) is 0.265. The normalized spacial score (nSPS) is 10.7. The van der Waals surface area contributed by atoms with E-state index < -0.39 is 11.8 Å². The maximum absolute atomic E-state index is 12.8. The first-order valence-corrected chi connectivity index (χ1v) is 8.46. The number of hydrazine groups is 1. The van der Waals surface area contributed by atoms with E-state index in [1.165, 1.54) is 46.6 Å². The first-order valence-electron chi connectivity index (χ1n) is 8.46. The fourth-order valence-electron chi connectivity index (χ4n) is 2.58. The molecule has 0 radical (unpaired) electrons. The fraction of sp³-hybridized carbons (Fsp3) is 0.200. The molecule has 2 aromatic rings. The van der Waals surface area contributed by atoms with Gasteiger partial charge in [-0.05, 0) is 24.3 Å². The van der Waals surface area contributed by atoms with E-state index in [-0.39, 0.29) is 11.3 Å². The molecule has 0 unspecified atom stereocenters. The van der Waals surface area contributed by atoms with Gasteiger partial charge in [0.25, 0.3) is 11.8 Å². The Balaban J connectivity index is 2.43. The van der Waals surface area contributed by atoms with Crippen LogP contribution in [0.25, 0.3) is 6.08 Å². The predicted molar refractivity (Wildman–Crippen MR) is 107 cm³/mol. The number of rotatable bonds is 8. The molecule has 2 amide bonds. The van der Waals surface area contributed by atoms with Crippen LogP contribution in [0.4, 0.5) is 0 Å². The maximum atomic E-state index is 12.8. The van der Waals surface area contributed by atoms with Crippen molar-refractivity contribution in [2.75, 3.05) is 28.4 Å². The van der Waals surface area contributed by atoms with Crippen LogP contribution in [0.1, 0.15) is 15.9 Å². The number of benzene rings is 2. The molecule has 0 aliphatic heterocycles. The van der Waals surface area contributed by atoms with Gasteiger partial charge in [-0.15, -0.1) is 0 Å². The monoisotopic (exact) mass is 401 g/mol. The number of carbonyl (C=O) groups is 2. The molecule has 0 heterocycles. The minimum atomic E-state index is -0.684. The number of hydrogen-bond acceptors (Lipinski definition) is 7. The topological polar surface area (TPSA) is 121 Å². The van der Waals surface area contributed by atoms with Crippen molar-refractivity contribution in [3.63, 3.8) is 0 Å². The number of nitrogens with two attached hydrogens (primary N) is 1. The van der Waals surface area contributed by atoms with E-state index in [1.807, 2.05) is 5.43 Å². The van der Waals surface area contributed by atoms with E-state index >= 15 is 0 Å². The summed E-state index contributed by atoms with van der Waals surface area (Å²) in [5.41, 5.74) is 2.71. The Morgan fingerprint density at radius 2 is 1.48 bits per heavy atom. The van der Waals surface area contributed by atoms with Crippen LogP contribution in [0.3, 0.4) is 0 Å². The smallest absolute Gasteiger partial charge is 0.281 e. The summed E-state index contributed by atoms with van der Waals surface area (Å²) >= 11 is 0. The predicted octanol–water partition coefficient (Wildman–Crippen LogP) is 1.48. The van der Waals surface area contributed by atoms with Crippen LogP contribution in [0.5, 0.6) is 23.0 Å². The average molecular weight is 401 g/mol. The van der Waals surface area contributed by atoms with Gasteiger partial charge in [0.1, 0.15) is 11.4 Å². The number of hydrogen-bond donors (Lipinski definition) is 3. The van der Waals surface area contributed by atoms with Crippen molar-refractivity contribution in [1.29, 1.82) is 0 Å². The molecule has 0 saturated heterocycles. The number of nitrogens with one attached hydrogen (secondary N) is 2. The Morgan fingerprint density at radius 3 is 2.00 bits per heavy atom. The highest BCUT2D eigenvalue weighted by Crippen LogP contribution is 2.38. The van der Waals surface area contributed by atoms with Gasteiger partial charge in [0.15, 0.2) is 11.5 Å². The third-order valence-electron chi connectivity index (χ3n) is 3.99. The summed E-state index contributed by atoms with van der Waals surface area (Å²) in [6.07, 6.45) is 1.46. The Morgan fingerprint density at radius 1 is 0.897 bits per heavy atom. The molecule has 0 bridgehead atoms. The highest BCUT2D eigenvalue weighted by atomic mass is 16.5. The molecular weight excluding hydrogens is 378 g/mol. The summed E-state index contributed by atoms with van der Waals surface area (Å²) < 4.78 is 21.0. The summed E-state index contributed by atoms with van der Waals surface area (Å²) in [6, 6.07) is 9.95. The van der Waals surface area contributed by atoms with Gasteiger partial charge in [0, 0.05) is 11.1 Å². The number of amides is 2. The first kappa shape index (κ1) is 21.6. The Bertz CT molecular complexity index is 901. The van der Waals surface area contributed by atoms with E-state index in [0.717, 1.165) is 0 Å². The molecule has 0 spiro atoms. The summed E-state index contributed by atoms with van der Waals surface area (Å²) in [5, 5.41) is 2.55. The molecule has 0 saturated carbocycles. The van der Waals surface area contributed by atoms with E-state index in [4.69, 9.17) is 24.8 Å². The maximum Gasteiger partial charge on any atom is 0.281 e. The van der Waals surface area contributed by atoms with Gasteiger partial charge >= 0.3 is 0 Å². The van der Waals surface area contributed by atoms with Gasteiger partial charge in [-0.2, -0.15) is 0 Å². The average Bonchev–Trinajstić information content (AvgIpc) is 2.76. The Labute approximate surface area is 168 Å². The van der Waals surface area contributed by atoms with Crippen molar-refractivity contribution >= 4 is 17.9 Å². The van der Waals surface area contributed by atoms with Crippen LogP contribution in [-0.4, -0.2) is 40.3 Å². The second-order valence-corrected chi connectivity index (χ2v) is 5.64. The van der Waals surface area contributed by atoms with Crippen LogP contribution in [0.15, 0.2) is 42.1 Å². The van der Waals surface area contributed by atoms with Gasteiger partial charge in [0.05, 0.1) is 28.4 Å². The van der Waals surface area contributed by atoms with Crippen molar-refractivity contribution in [2.24, 2.45) is 5.84 Å². The van der Waals surface area contributed by atoms with Gasteiger partial charge in [0.2, 0.25) is 5.75 Å². The lowest BCUT2D eigenvalue weighted by Crippen LogP contribution is -2.38. The van der Waals surface area contributed by atoms with Crippen LogP contribution in [0.2, 0.25) is 0 Å². The largest absolute Gasteiger partial charge is 0.496 e. The zero-order valence-corrected chi connectivity index (χ0v) is 16.6. The highest BCUT2D eigenvalue weighted by molar-refractivity contribution is 6.05. The zero-order chi connectivity index (χ0) is 21.4. The van der Waals surface area contributed by atoms with Crippen LogP contribution >= 0.6 is 0 Å².